The number of thiazole rings is 1. The van der Waals surface area contributed by atoms with E-state index in [4.69, 9.17) is 11.6 Å². The summed E-state index contributed by atoms with van der Waals surface area (Å²) in [7, 11) is 0. The van der Waals surface area contributed by atoms with Gasteiger partial charge >= 0.3 is 0 Å². The lowest BCUT2D eigenvalue weighted by Gasteiger charge is -2.11. The maximum atomic E-state index is 13.0. The van der Waals surface area contributed by atoms with E-state index in [1.54, 1.807) is 35.2 Å². The van der Waals surface area contributed by atoms with E-state index in [1.165, 1.54) is 18.3 Å². The van der Waals surface area contributed by atoms with E-state index in [1.807, 2.05) is 23.6 Å². The Hall–Kier alpha value is -3.23. The molecule has 7 nitrogen and oxygen atoms in total. The molecule has 0 atom stereocenters. The normalized spacial score (nSPS) is 11.7. The van der Waals surface area contributed by atoms with Crippen molar-refractivity contribution in [2.45, 2.75) is 13.5 Å². The standard InChI is InChI=1S/C20H16ClN5O2S/c1-12(27)24-10-13-11-29-20(26(13)17-5-3-2-4-16(17)21)25-19(28)15-7-9-23-18-14(15)6-8-22-18/h2-9,11H,10H2,1H3,(H,22,23)(H,24,27). The molecule has 29 heavy (non-hydrogen) atoms. The van der Waals surface area contributed by atoms with Crippen LogP contribution in [0.15, 0.2) is 59.2 Å². The number of nitrogens with one attached hydrogen (secondary N) is 2. The summed E-state index contributed by atoms with van der Waals surface area (Å²) in [5.74, 6) is -0.533. The quantitative estimate of drug-likeness (QED) is 0.524. The fourth-order valence-corrected chi connectivity index (χ4v) is 4.05. The van der Waals surface area contributed by atoms with Crippen LogP contribution in [0.2, 0.25) is 5.02 Å². The molecule has 0 bridgehead atoms. The number of nitrogens with zero attached hydrogens (tertiary/aromatic N) is 3. The number of halogens is 1. The lowest BCUT2D eigenvalue weighted by Crippen LogP contribution is -2.24. The minimum Gasteiger partial charge on any atom is -0.351 e. The molecule has 0 saturated heterocycles. The van der Waals surface area contributed by atoms with Gasteiger partial charge in [-0.15, -0.1) is 11.3 Å². The van der Waals surface area contributed by atoms with Crippen molar-refractivity contribution in [3.63, 3.8) is 0 Å². The van der Waals surface area contributed by atoms with Gasteiger partial charge < -0.3 is 10.3 Å². The number of para-hydroxylation sites is 1. The van der Waals surface area contributed by atoms with Gasteiger partial charge in [-0.1, -0.05) is 23.7 Å². The number of aromatic nitrogens is 3. The Bertz CT molecular complexity index is 1290. The molecule has 2 N–H and O–H groups in total. The fraction of sp³-hybridized carbons (Fsp3) is 0.100. The molecule has 4 aromatic rings. The van der Waals surface area contributed by atoms with Crippen LogP contribution in [0.5, 0.6) is 0 Å². The summed E-state index contributed by atoms with van der Waals surface area (Å²) < 4.78 is 1.79. The Balaban J connectivity index is 1.85. The molecule has 3 heterocycles. The topological polar surface area (TPSA) is 92.1 Å². The zero-order chi connectivity index (χ0) is 20.4. The second-order valence-corrected chi connectivity index (χ2v) is 7.47. The summed E-state index contributed by atoms with van der Waals surface area (Å²) in [4.78, 5) is 36.3. The zero-order valence-electron chi connectivity index (χ0n) is 15.3. The molecule has 3 aromatic heterocycles. The molecule has 0 saturated carbocycles. The molecule has 0 aliphatic heterocycles. The summed E-state index contributed by atoms with van der Waals surface area (Å²) in [5, 5.41) is 5.85. The van der Waals surface area contributed by atoms with E-state index < -0.39 is 0 Å². The molecular formula is C20H16ClN5O2S. The zero-order valence-corrected chi connectivity index (χ0v) is 16.9. The largest absolute Gasteiger partial charge is 0.351 e. The number of aromatic amines is 1. The first kappa shape index (κ1) is 19.1. The van der Waals surface area contributed by atoms with E-state index in [2.05, 4.69) is 20.3 Å². The van der Waals surface area contributed by atoms with Crippen molar-refractivity contribution in [3.8, 4) is 5.69 Å². The van der Waals surface area contributed by atoms with Gasteiger partial charge in [-0.3, -0.25) is 14.2 Å². The summed E-state index contributed by atoms with van der Waals surface area (Å²) >= 11 is 7.70. The Kier molecular flexibility index (Phi) is 5.28. The van der Waals surface area contributed by atoms with Crippen molar-refractivity contribution in [1.82, 2.24) is 19.9 Å². The van der Waals surface area contributed by atoms with Crippen molar-refractivity contribution < 1.29 is 9.59 Å². The second-order valence-electron chi connectivity index (χ2n) is 6.22. The number of carbonyl (C=O) groups is 2. The van der Waals surface area contributed by atoms with Gasteiger partial charge in [0.2, 0.25) is 5.91 Å². The molecule has 4 rings (SSSR count). The highest BCUT2D eigenvalue weighted by atomic mass is 35.5. The maximum absolute atomic E-state index is 13.0. The van der Waals surface area contributed by atoms with Crippen LogP contribution in [0.1, 0.15) is 23.0 Å². The van der Waals surface area contributed by atoms with Gasteiger partial charge in [0.15, 0.2) is 4.80 Å². The van der Waals surface area contributed by atoms with Crippen LogP contribution >= 0.6 is 22.9 Å². The maximum Gasteiger partial charge on any atom is 0.280 e. The summed E-state index contributed by atoms with van der Waals surface area (Å²) in [6, 6.07) is 10.7. The molecule has 1 aromatic carbocycles. The van der Waals surface area contributed by atoms with Crippen LogP contribution in [0.25, 0.3) is 16.7 Å². The van der Waals surface area contributed by atoms with E-state index in [0.717, 1.165) is 5.69 Å². The predicted molar refractivity (Wildman–Crippen MR) is 112 cm³/mol. The van der Waals surface area contributed by atoms with Crippen molar-refractivity contribution in [3.05, 3.63) is 75.3 Å². The number of carbonyl (C=O) groups excluding carboxylic acids is 2. The molecule has 9 heteroatoms. The first-order chi connectivity index (χ1) is 14.0. The molecule has 0 aliphatic rings. The number of hydrogen-bond donors (Lipinski definition) is 2. The Morgan fingerprint density at radius 1 is 1.28 bits per heavy atom. The lowest BCUT2D eigenvalue weighted by molar-refractivity contribution is -0.119. The fourth-order valence-electron chi connectivity index (χ4n) is 2.95. The van der Waals surface area contributed by atoms with Crippen molar-refractivity contribution >= 4 is 45.8 Å². The number of fused-ring (bicyclic) bond motifs is 1. The van der Waals surface area contributed by atoms with Gasteiger partial charge in [0.1, 0.15) is 5.65 Å². The van der Waals surface area contributed by atoms with E-state index >= 15 is 0 Å². The van der Waals surface area contributed by atoms with Crippen LogP contribution in [0.4, 0.5) is 0 Å². The third-order valence-electron chi connectivity index (χ3n) is 4.28. The number of hydrogen-bond acceptors (Lipinski definition) is 4. The molecule has 0 aliphatic carbocycles. The number of pyridine rings is 1. The molecule has 146 valence electrons. The van der Waals surface area contributed by atoms with Crippen LogP contribution in [-0.2, 0) is 11.3 Å². The van der Waals surface area contributed by atoms with Gasteiger partial charge in [0.25, 0.3) is 5.91 Å². The minimum atomic E-state index is -0.384. The highest BCUT2D eigenvalue weighted by Gasteiger charge is 2.14. The van der Waals surface area contributed by atoms with Crippen LogP contribution in [-0.4, -0.2) is 26.3 Å². The molecule has 0 spiro atoms. The molecule has 2 amide bonds. The Labute approximate surface area is 174 Å². The van der Waals surface area contributed by atoms with Gasteiger partial charge in [0.05, 0.1) is 28.5 Å². The van der Waals surface area contributed by atoms with E-state index in [0.29, 0.717) is 32.1 Å². The average Bonchev–Trinajstić information content (AvgIpc) is 3.33. The van der Waals surface area contributed by atoms with Gasteiger partial charge in [-0.2, -0.15) is 4.99 Å². The Morgan fingerprint density at radius 2 is 2.10 bits per heavy atom. The second kappa shape index (κ2) is 8.02. The minimum absolute atomic E-state index is 0.150. The number of rotatable bonds is 4. The van der Waals surface area contributed by atoms with Crippen LogP contribution in [0, 0.1) is 0 Å². The smallest absolute Gasteiger partial charge is 0.280 e. The predicted octanol–water partition coefficient (Wildman–Crippen LogP) is 3.45. The summed E-state index contributed by atoms with van der Waals surface area (Å²) in [6.07, 6.45) is 3.30. The first-order valence-electron chi connectivity index (χ1n) is 8.74. The van der Waals surface area contributed by atoms with E-state index in [9.17, 15) is 9.59 Å². The average molecular weight is 426 g/mol. The summed E-state index contributed by atoms with van der Waals surface area (Å²) in [6.45, 7) is 1.74. The van der Waals surface area contributed by atoms with Gasteiger partial charge in [-0.05, 0) is 24.3 Å². The van der Waals surface area contributed by atoms with Crippen molar-refractivity contribution in [2.24, 2.45) is 4.99 Å². The molecule has 0 fully saturated rings. The SMILES string of the molecule is CC(=O)NCc1csc(=NC(=O)c2ccnc3[nH]ccc23)n1-c1ccccc1Cl. The highest BCUT2D eigenvalue weighted by Crippen LogP contribution is 2.21. The number of H-pyrrole nitrogens is 1. The number of amides is 2. The third-order valence-corrected chi connectivity index (χ3v) is 5.47. The van der Waals surface area contributed by atoms with Crippen molar-refractivity contribution in [2.75, 3.05) is 0 Å². The molecule has 0 radical (unpaired) electrons. The molecule has 0 unspecified atom stereocenters. The van der Waals surface area contributed by atoms with Crippen molar-refractivity contribution in [1.29, 1.82) is 0 Å². The molecular weight excluding hydrogens is 410 g/mol. The lowest BCUT2D eigenvalue weighted by atomic mass is 10.2. The number of benzene rings is 1. The van der Waals surface area contributed by atoms with Gasteiger partial charge in [-0.25, -0.2) is 4.98 Å². The first-order valence-corrected chi connectivity index (χ1v) is 10.0. The Morgan fingerprint density at radius 3 is 2.90 bits per heavy atom. The van der Waals surface area contributed by atoms with Crippen LogP contribution < -0.4 is 10.1 Å². The van der Waals surface area contributed by atoms with E-state index in [-0.39, 0.29) is 18.4 Å². The summed E-state index contributed by atoms with van der Waals surface area (Å²) in [5.41, 5.74) is 2.54. The monoisotopic (exact) mass is 425 g/mol. The van der Waals surface area contributed by atoms with Gasteiger partial charge in [0, 0.05) is 30.1 Å². The van der Waals surface area contributed by atoms with Crippen LogP contribution in [0.3, 0.4) is 0 Å². The highest BCUT2D eigenvalue weighted by molar-refractivity contribution is 7.07. The third kappa shape index (κ3) is 3.85.